The molecule has 0 aliphatic heterocycles. The van der Waals surface area contributed by atoms with E-state index in [0.29, 0.717) is 22.3 Å². The largest absolute Gasteiger partial charge is 0.289 e. The van der Waals surface area contributed by atoms with Crippen molar-refractivity contribution in [2.24, 2.45) is 0 Å². The lowest BCUT2D eigenvalue weighted by Gasteiger charge is -2.23. The van der Waals surface area contributed by atoms with E-state index in [4.69, 9.17) is 0 Å². The Labute approximate surface area is 301 Å². The van der Waals surface area contributed by atoms with Gasteiger partial charge in [0.25, 0.3) is 0 Å². The molecule has 0 aliphatic rings. The number of benzene rings is 5. The van der Waals surface area contributed by atoms with Crippen LogP contribution in [0.5, 0.6) is 0 Å². The Kier molecular flexibility index (Phi) is 14.4. The summed E-state index contributed by atoms with van der Waals surface area (Å²) in [4.78, 5) is 29.8. The highest BCUT2D eigenvalue weighted by Crippen LogP contribution is 2.38. The Morgan fingerprint density at radius 1 is 0.420 bits per heavy atom. The molecule has 0 unspecified atom stereocenters. The zero-order valence-corrected chi connectivity index (χ0v) is 30.3. The highest BCUT2D eigenvalue weighted by atomic mass is 16.1. The monoisotopic (exact) mass is 662 g/mol. The fourth-order valence-corrected chi connectivity index (χ4v) is 7.14. The zero-order chi connectivity index (χ0) is 35.0. The minimum absolute atomic E-state index is 0.0591. The second-order valence-corrected chi connectivity index (χ2v) is 13.7. The van der Waals surface area contributed by atoms with Crippen LogP contribution in [0, 0.1) is 0 Å². The van der Waals surface area contributed by atoms with E-state index in [1.165, 1.54) is 63.4 Å². The lowest BCUT2D eigenvalue weighted by Crippen LogP contribution is -2.18. The Morgan fingerprint density at radius 3 is 1.46 bits per heavy atom. The first-order valence-corrected chi connectivity index (χ1v) is 19.2. The van der Waals surface area contributed by atoms with E-state index in [0.717, 1.165) is 59.9 Å². The van der Waals surface area contributed by atoms with E-state index in [1.807, 2.05) is 66.7 Å². The highest BCUT2D eigenvalue weighted by Gasteiger charge is 2.29. The van der Waals surface area contributed by atoms with E-state index in [2.05, 4.69) is 68.4 Å². The van der Waals surface area contributed by atoms with Crippen LogP contribution in [0.3, 0.4) is 0 Å². The van der Waals surface area contributed by atoms with E-state index in [9.17, 15) is 9.59 Å². The third-order valence-electron chi connectivity index (χ3n) is 9.91. The number of hydrogen-bond acceptors (Lipinski definition) is 2. The molecular weight excluding hydrogens is 609 g/mol. The molecule has 0 N–H and O–H groups in total. The molecule has 5 aromatic carbocycles. The van der Waals surface area contributed by atoms with E-state index in [-0.39, 0.29) is 11.6 Å². The summed E-state index contributed by atoms with van der Waals surface area (Å²) in [6.45, 7) is 4.50. The maximum Gasteiger partial charge on any atom is 0.194 e. The van der Waals surface area contributed by atoms with Gasteiger partial charge in [0.1, 0.15) is 0 Å². The first-order valence-electron chi connectivity index (χ1n) is 19.2. The minimum atomic E-state index is -0.0969. The Bertz CT molecular complexity index is 1790. The van der Waals surface area contributed by atoms with E-state index in [1.54, 1.807) is 0 Å². The van der Waals surface area contributed by atoms with Crippen LogP contribution in [0.1, 0.15) is 134 Å². The van der Waals surface area contributed by atoms with Gasteiger partial charge in [-0.2, -0.15) is 0 Å². The average Bonchev–Trinajstić information content (AvgIpc) is 3.18. The summed E-state index contributed by atoms with van der Waals surface area (Å²) in [5, 5.41) is 0. The predicted octanol–water partition coefficient (Wildman–Crippen LogP) is 13.3. The summed E-state index contributed by atoms with van der Waals surface area (Å²) in [6, 6.07) is 40.2. The predicted molar refractivity (Wildman–Crippen MR) is 211 cm³/mol. The molecule has 5 aromatic rings. The van der Waals surface area contributed by atoms with Crippen LogP contribution in [0.15, 0.2) is 121 Å². The van der Waals surface area contributed by atoms with Crippen molar-refractivity contribution in [3.05, 3.63) is 155 Å². The second kappa shape index (κ2) is 19.6. The first-order chi connectivity index (χ1) is 24.6. The maximum absolute atomic E-state index is 14.9. The van der Waals surface area contributed by atoms with Gasteiger partial charge in [0, 0.05) is 22.3 Å². The number of aryl methyl sites for hydroxylation is 1. The van der Waals surface area contributed by atoms with Crippen LogP contribution in [-0.4, -0.2) is 11.6 Å². The van der Waals surface area contributed by atoms with Crippen molar-refractivity contribution in [2.45, 2.75) is 104 Å². The molecule has 0 heterocycles. The normalized spacial score (nSPS) is 11.1. The van der Waals surface area contributed by atoms with Crippen molar-refractivity contribution in [3.63, 3.8) is 0 Å². The number of unbranched alkanes of at least 4 members (excludes halogenated alkanes) is 10. The van der Waals surface area contributed by atoms with E-state index >= 15 is 0 Å². The van der Waals surface area contributed by atoms with Crippen molar-refractivity contribution in [2.75, 3.05) is 0 Å². The summed E-state index contributed by atoms with van der Waals surface area (Å²) < 4.78 is 0. The van der Waals surface area contributed by atoms with Crippen molar-refractivity contribution >= 4 is 11.6 Å². The first kappa shape index (κ1) is 36.7. The summed E-state index contributed by atoms with van der Waals surface area (Å²) in [5.41, 5.74) is 8.67. The number of ketones is 2. The Balaban J connectivity index is 1.72. The zero-order valence-electron chi connectivity index (χ0n) is 30.3. The number of hydrogen-bond donors (Lipinski definition) is 0. The Hall–Kier alpha value is -4.56. The van der Waals surface area contributed by atoms with Gasteiger partial charge in [0.2, 0.25) is 0 Å². The molecule has 0 saturated carbocycles. The molecule has 0 bridgehead atoms. The molecule has 0 spiro atoms. The fourth-order valence-electron chi connectivity index (χ4n) is 7.14. The standard InChI is InChI=1S/C48H54O2/c1-3-5-7-9-11-16-31-42-36-44(41-33-24-32-40(35-41)37-25-17-13-18-26-37)46(48(50)39-29-21-15-22-30-39)45(47(49)38-27-19-14-20-28-38)43(42)34-23-12-10-8-6-4-2/h13-15,17-22,24-30,32-33,35-36H,3-12,16,23,31,34H2,1-2H3. The molecule has 0 fully saturated rings. The molecular formula is C48H54O2. The minimum Gasteiger partial charge on any atom is -0.289 e. The van der Waals surface area contributed by atoms with Gasteiger partial charge in [-0.25, -0.2) is 0 Å². The van der Waals surface area contributed by atoms with Gasteiger partial charge in [-0.1, -0.05) is 193 Å². The average molecular weight is 663 g/mol. The third kappa shape index (κ3) is 9.78. The molecule has 0 saturated heterocycles. The highest BCUT2D eigenvalue weighted by molar-refractivity contribution is 6.23. The van der Waals surface area contributed by atoms with Gasteiger partial charge in [-0.15, -0.1) is 0 Å². The van der Waals surface area contributed by atoms with Crippen molar-refractivity contribution in [1.29, 1.82) is 0 Å². The maximum atomic E-state index is 14.9. The lowest BCUT2D eigenvalue weighted by atomic mass is 9.79. The van der Waals surface area contributed by atoms with Crippen molar-refractivity contribution < 1.29 is 9.59 Å². The molecule has 2 nitrogen and oxygen atoms in total. The molecule has 0 atom stereocenters. The summed E-state index contributed by atoms with van der Waals surface area (Å²) in [5.74, 6) is -0.156. The molecule has 0 aliphatic carbocycles. The Morgan fingerprint density at radius 2 is 0.880 bits per heavy atom. The van der Waals surface area contributed by atoms with Gasteiger partial charge in [0.15, 0.2) is 11.6 Å². The quantitative estimate of drug-likeness (QED) is 0.0614. The van der Waals surface area contributed by atoms with Crippen LogP contribution in [0.2, 0.25) is 0 Å². The molecule has 5 rings (SSSR count). The SMILES string of the molecule is CCCCCCCCc1cc(-c2cccc(-c3ccccc3)c2)c(C(=O)c2ccccc2)c(C(=O)c2ccccc2)c1CCCCCCCC. The van der Waals surface area contributed by atoms with Gasteiger partial charge in [-0.05, 0) is 65.1 Å². The molecule has 0 radical (unpaired) electrons. The van der Waals surface area contributed by atoms with Gasteiger partial charge < -0.3 is 0 Å². The summed E-state index contributed by atoms with van der Waals surface area (Å²) in [7, 11) is 0. The topological polar surface area (TPSA) is 34.1 Å². The number of rotatable bonds is 20. The van der Waals surface area contributed by atoms with Crippen LogP contribution in [0.25, 0.3) is 22.3 Å². The third-order valence-corrected chi connectivity index (χ3v) is 9.91. The molecule has 2 heteroatoms. The van der Waals surface area contributed by atoms with Gasteiger partial charge >= 0.3 is 0 Å². The van der Waals surface area contributed by atoms with Gasteiger partial charge in [0.05, 0.1) is 0 Å². The molecule has 0 amide bonds. The number of carbonyl (C=O) groups is 2. The van der Waals surface area contributed by atoms with Crippen LogP contribution < -0.4 is 0 Å². The number of carbonyl (C=O) groups excluding carboxylic acids is 2. The van der Waals surface area contributed by atoms with Crippen LogP contribution >= 0.6 is 0 Å². The second-order valence-electron chi connectivity index (χ2n) is 13.7. The van der Waals surface area contributed by atoms with E-state index < -0.39 is 0 Å². The van der Waals surface area contributed by atoms with Crippen molar-refractivity contribution in [3.8, 4) is 22.3 Å². The molecule has 258 valence electrons. The van der Waals surface area contributed by atoms with Crippen LogP contribution in [0.4, 0.5) is 0 Å². The van der Waals surface area contributed by atoms with Crippen molar-refractivity contribution in [1.82, 2.24) is 0 Å². The summed E-state index contributed by atoms with van der Waals surface area (Å²) >= 11 is 0. The smallest absolute Gasteiger partial charge is 0.194 e. The van der Waals surface area contributed by atoms with Crippen LogP contribution in [-0.2, 0) is 12.8 Å². The molecule has 0 aromatic heterocycles. The fraction of sp³-hybridized carbons (Fsp3) is 0.333. The van der Waals surface area contributed by atoms with Gasteiger partial charge in [-0.3, -0.25) is 9.59 Å². The molecule has 50 heavy (non-hydrogen) atoms. The summed E-state index contributed by atoms with van der Waals surface area (Å²) in [6.07, 6.45) is 16.0. The lowest BCUT2D eigenvalue weighted by molar-refractivity contribution is 0.100.